The molecule has 0 aliphatic carbocycles. The average Bonchev–Trinajstić information content (AvgIpc) is 3.12. The minimum atomic E-state index is -4.31. The molecule has 4 heterocycles. The number of nitrogens with zero attached hydrogens (tertiary/aromatic N) is 4. The fourth-order valence-electron chi connectivity index (χ4n) is 3.22. The molecule has 3 aromatic rings. The van der Waals surface area contributed by atoms with Crippen molar-refractivity contribution < 1.29 is 23.0 Å². The number of hydrogen-bond donors (Lipinski definition) is 2. The van der Waals surface area contributed by atoms with Gasteiger partial charge in [0.1, 0.15) is 0 Å². The van der Waals surface area contributed by atoms with Crippen LogP contribution in [0.5, 0.6) is 0 Å². The number of nitrogens with one attached hydrogen (secondary N) is 1. The van der Waals surface area contributed by atoms with E-state index in [0.717, 1.165) is 6.92 Å². The molecule has 0 aromatic carbocycles. The molecule has 0 radical (unpaired) electrons. The summed E-state index contributed by atoms with van der Waals surface area (Å²) < 4.78 is 45.5. The lowest BCUT2D eigenvalue weighted by Crippen LogP contribution is -2.42. The van der Waals surface area contributed by atoms with Crippen LogP contribution in [0.1, 0.15) is 24.8 Å². The molecule has 3 atom stereocenters. The van der Waals surface area contributed by atoms with Gasteiger partial charge in [0.25, 0.3) is 0 Å². The van der Waals surface area contributed by atoms with Crippen LogP contribution in [0.25, 0.3) is 16.9 Å². The molecule has 0 amide bonds. The highest BCUT2D eigenvalue weighted by molar-refractivity contribution is 5.63. The highest BCUT2D eigenvalue weighted by Crippen LogP contribution is 2.34. The lowest BCUT2D eigenvalue weighted by atomic mass is 10.0. The third-order valence-corrected chi connectivity index (χ3v) is 5.08. The van der Waals surface area contributed by atoms with Gasteiger partial charge in [-0.15, -0.1) is 5.10 Å². The predicted octanol–water partition coefficient (Wildman–Crippen LogP) is 3.02. The normalized spacial score (nSPS) is 21.3. The number of fused-ring (bicyclic) bond motifs is 1. The summed E-state index contributed by atoms with van der Waals surface area (Å²) in [5.41, 5.74) is 1.95. The summed E-state index contributed by atoms with van der Waals surface area (Å²) >= 11 is 0. The number of aromatic nitrogens is 4. The van der Waals surface area contributed by atoms with Gasteiger partial charge in [0.15, 0.2) is 0 Å². The highest BCUT2D eigenvalue weighted by Gasteiger charge is 2.37. The Bertz CT molecular complexity index is 990. The van der Waals surface area contributed by atoms with Gasteiger partial charge in [-0.1, -0.05) is 6.07 Å². The van der Waals surface area contributed by atoms with E-state index in [1.807, 2.05) is 0 Å². The highest BCUT2D eigenvalue weighted by atomic mass is 19.4. The number of halogens is 3. The van der Waals surface area contributed by atoms with Crippen LogP contribution in [0.15, 0.2) is 36.7 Å². The van der Waals surface area contributed by atoms with Crippen LogP contribution in [-0.2, 0) is 4.74 Å². The van der Waals surface area contributed by atoms with Crippen molar-refractivity contribution in [1.82, 2.24) is 19.6 Å². The van der Waals surface area contributed by atoms with Crippen LogP contribution < -0.4 is 5.32 Å². The van der Waals surface area contributed by atoms with Gasteiger partial charge < -0.3 is 15.2 Å². The summed E-state index contributed by atoms with van der Waals surface area (Å²) in [4.78, 5) is 8.47. The molecule has 0 bridgehead atoms. The van der Waals surface area contributed by atoms with Crippen LogP contribution >= 0.6 is 0 Å². The van der Waals surface area contributed by atoms with Gasteiger partial charge in [0, 0.05) is 12.8 Å². The van der Waals surface area contributed by atoms with Gasteiger partial charge in [0.05, 0.1) is 47.8 Å². The Morgan fingerprint density at radius 3 is 2.72 bits per heavy atom. The molecule has 2 N–H and O–H groups in total. The lowest BCUT2D eigenvalue weighted by Gasteiger charge is -2.28. The van der Waals surface area contributed by atoms with E-state index in [1.54, 1.807) is 28.9 Å². The molecule has 0 unspecified atom stereocenters. The van der Waals surface area contributed by atoms with E-state index in [0.29, 0.717) is 35.9 Å². The van der Waals surface area contributed by atoms with Crippen molar-refractivity contribution in [2.45, 2.75) is 37.6 Å². The molecule has 0 spiro atoms. The summed E-state index contributed by atoms with van der Waals surface area (Å²) in [6.07, 6.45) is -1.47. The van der Waals surface area contributed by atoms with E-state index in [2.05, 4.69) is 20.4 Å². The van der Waals surface area contributed by atoms with E-state index >= 15 is 0 Å². The Hall–Kier alpha value is -2.72. The molecule has 29 heavy (non-hydrogen) atoms. The first-order valence-corrected chi connectivity index (χ1v) is 9.23. The van der Waals surface area contributed by atoms with E-state index in [9.17, 15) is 18.3 Å². The number of ether oxygens (including phenoxy) is 1. The van der Waals surface area contributed by atoms with Crippen LogP contribution in [0.2, 0.25) is 0 Å². The molecule has 1 fully saturated rings. The Kier molecular flexibility index (Phi) is 5.13. The van der Waals surface area contributed by atoms with Gasteiger partial charge >= 0.3 is 6.18 Å². The second-order valence-electron chi connectivity index (χ2n) is 7.06. The average molecular weight is 407 g/mol. The molecule has 10 heteroatoms. The summed E-state index contributed by atoms with van der Waals surface area (Å²) in [6, 6.07) is 6.35. The third-order valence-electron chi connectivity index (χ3n) is 5.08. The van der Waals surface area contributed by atoms with Gasteiger partial charge in [0.2, 0.25) is 5.95 Å². The Labute approximate surface area is 164 Å². The molecular formula is C19H20F3N5O2. The fourth-order valence-corrected chi connectivity index (χ4v) is 3.22. The molecule has 0 saturated carbocycles. The second kappa shape index (κ2) is 7.60. The molecule has 4 rings (SSSR count). The zero-order valence-electron chi connectivity index (χ0n) is 15.6. The van der Waals surface area contributed by atoms with Gasteiger partial charge in [-0.3, -0.25) is 4.98 Å². The molecule has 1 saturated heterocycles. The van der Waals surface area contributed by atoms with Crippen LogP contribution in [0, 0.1) is 0 Å². The number of aliphatic hydroxyl groups excluding tert-OH is 1. The Morgan fingerprint density at radius 1 is 1.21 bits per heavy atom. The topological polar surface area (TPSA) is 84.6 Å². The molecule has 1 aliphatic rings. The van der Waals surface area contributed by atoms with Crippen molar-refractivity contribution in [2.24, 2.45) is 0 Å². The van der Waals surface area contributed by atoms with Gasteiger partial charge in [-0.25, -0.2) is 9.50 Å². The summed E-state index contributed by atoms with van der Waals surface area (Å²) in [7, 11) is 0. The van der Waals surface area contributed by atoms with E-state index < -0.39 is 18.2 Å². The van der Waals surface area contributed by atoms with Gasteiger partial charge in [-0.05, 0) is 37.1 Å². The van der Waals surface area contributed by atoms with Crippen molar-refractivity contribution in [2.75, 3.05) is 18.5 Å². The fraction of sp³-hybridized carbons (Fsp3) is 0.421. The first-order chi connectivity index (χ1) is 13.8. The summed E-state index contributed by atoms with van der Waals surface area (Å²) in [5.74, 6) is -1.25. The summed E-state index contributed by atoms with van der Waals surface area (Å²) in [5, 5.41) is 17.6. The zero-order valence-corrected chi connectivity index (χ0v) is 15.6. The predicted molar refractivity (Wildman–Crippen MR) is 99.5 cm³/mol. The number of pyridine rings is 1. The van der Waals surface area contributed by atoms with Crippen molar-refractivity contribution in [3.8, 4) is 11.4 Å². The molecule has 7 nitrogen and oxygen atoms in total. The molecule has 3 aromatic heterocycles. The number of alkyl halides is 3. The second-order valence-corrected chi connectivity index (χ2v) is 7.06. The van der Waals surface area contributed by atoms with Crippen molar-refractivity contribution in [1.29, 1.82) is 0 Å². The molecule has 1 aliphatic heterocycles. The van der Waals surface area contributed by atoms with Crippen molar-refractivity contribution in [3.63, 3.8) is 0 Å². The third kappa shape index (κ3) is 4.03. The van der Waals surface area contributed by atoms with Crippen LogP contribution in [0.4, 0.5) is 19.1 Å². The first kappa shape index (κ1) is 19.6. The number of rotatable bonds is 4. The van der Waals surface area contributed by atoms with Crippen molar-refractivity contribution in [3.05, 3.63) is 42.2 Å². The van der Waals surface area contributed by atoms with E-state index in [1.165, 1.54) is 12.3 Å². The van der Waals surface area contributed by atoms with Crippen LogP contribution in [-0.4, -0.2) is 56.2 Å². The standard InChI is InChI=1S/C19H20F3N5O2/c1-11(19(20,21)22)12-2-4-14(23-8-12)16-5-3-13-9-24-18(26-27(13)16)25-15-6-7-29-10-17(15)28/h2-5,8-9,11,15,17,28H,6-7,10H2,1H3,(H,25,26)/t11-,15+,17+/m0/s1. The Balaban J connectivity index is 1.61. The summed E-state index contributed by atoms with van der Waals surface area (Å²) in [6.45, 7) is 1.90. The smallest absolute Gasteiger partial charge is 0.389 e. The first-order valence-electron chi connectivity index (χ1n) is 9.23. The van der Waals surface area contributed by atoms with Crippen molar-refractivity contribution >= 4 is 11.5 Å². The quantitative estimate of drug-likeness (QED) is 0.692. The van der Waals surface area contributed by atoms with Crippen LogP contribution in [0.3, 0.4) is 0 Å². The maximum atomic E-state index is 12.9. The van der Waals surface area contributed by atoms with E-state index in [-0.39, 0.29) is 18.2 Å². The number of hydrogen-bond acceptors (Lipinski definition) is 6. The Morgan fingerprint density at radius 2 is 2.03 bits per heavy atom. The minimum Gasteiger partial charge on any atom is -0.389 e. The van der Waals surface area contributed by atoms with E-state index in [4.69, 9.17) is 4.74 Å². The largest absolute Gasteiger partial charge is 0.395 e. The molecule has 154 valence electrons. The SMILES string of the molecule is C[C@@H](c1ccc(-c2ccc3cnc(N[C@@H]4CCOC[C@H]4O)nn23)nc1)C(F)(F)F. The minimum absolute atomic E-state index is 0.104. The maximum absolute atomic E-state index is 12.9. The molecular weight excluding hydrogens is 387 g/mol. The van der Waals surface area contributed by atoms with Gasteiger partial charge in [-0.2, -0.15) is 13.2 Å². The lowest BCUT2D eigenvalue weighted by molar-refractivity contribution is -0.146. The monoisotopic (exact) mass is 407 g/mol. The number of anilines is 1. The zero-order chi connectivity index (χ0) is 20.6. The maximum Gasteiger partial charge on any atom is 0.395 e. The number of aliphatic hydroxyl groups is 1.